The van der Waals surface area contributed by atoms with Crippen LogP contribution in [0.2, 0.25) is 0 Å². The summed E-state index contributed by atoms with van der Waals surface area (Å²) in [6.45, 7) is 3.58. The van der Waals surface area contributed by atoms with E-state index < -0.39 is 10.0 Å². The number of aryl methyl sites for hydroxylation is 1. The van der Waals surface area contributed by atoms with Gasteiger partial charge in [0, 0.05) is 12.6 Å². The van der Waals surface area contributed by atoms with Crippen molar-refractivity contribution in [3.8, 4) is 0 Å². The Morgan fingerprint density at radius 3 is 2.94 bits per heavy atom. The molecule has 17 heavy (non-hydrogen) atoms. The normalized spacial score (nSPS) is 20.6. The van der Waals surface area contributed by atoms with Gasteiger partial charge >= 0.3 is 0 Å². The Kier molecular flexibility index (Phi) is 3.81. The van der Waals surface area contributed by atoms with Crippen LogP contribution in [-0.2, 0) is 15.8 Å². The van der Waals surface area contributed by atoms with Gasteiger partial charge in [-0.3, -0.25) is 0 Å². The minimum absolute atomic E-state index is 0.0461. The third-order valence-corrected chi connectivity index (χ3v) is 4.25. The number of rotatable bonds is 4. The predicted molar refractivity (Wildman–Crippen MR) is 68.2 cm³/mol. The second-order valence-electron chi connectivity index (χ2n) is 4.56. The highest BCUT2D eigenvalue weighted by Gasteiger charge is 2.21. The van der Waals surface area contributed by atoms with Crippen LogP contribution in [0.3, 0.4) is 0 Å². The van der Waals surface area contributed by atoms with Crippen molar-refractivity contribution in [2.75, 3.05) is 13.1 Å². The summed E-state index contributed by atoms with van der Waals surface area (Å²) < 4.78 is 26.6. The summed E-state index contributed by atoms with van der Waals surface area (Å²) in [5.74, 6) is 0.0607. The van der Waals surface area contributed by atoms with E-state index in [1.807, 2.05) is 31.2 Å². The van der Waals surface area contributed by atoms with Gasteiger partial charge in [-0.25, -0.2) is 13.1 Å². The van der Waals surface area contributed by atoms with Crippen molar-refractivity contribution in [3.05, 3.63) is 35.4 Å². The lowest BCUT2D eigenvalue weighted by Crippen LogP contribution is -2.36. The predicted octanol–water partition coefficient (Wildman–Crippen LogP) is 0.776. The molecule has 1 saturated heterocycles. The van der Waals surface area contributed by atoms with Gasteiger partial charge in [-0.15, -0.1) is 0 Å². The van der Waals surface area contributed by atoms with Gasteiger partial charge in [0.2, 0.25) is 10.0 Å². The number of hydrogen-bond acceptors (Lipinski definition) is 3. The third-order valence-electron chi connectivity index (χ3n) is 2.85. The molecule has 1 unspecified atom stereocenters. The molecular formula is C12H18N2O2S. The first-order chi connectivity index (χ1) is 8.05. The lowest BCUT2D eigenvalue weighted by Gasteiger charge is -2.12. The lowest BCUT2D eigenvalue weighted by atomic mass is 10.2. The zero-order chi connectivity index (χ0) is 12.3. The first-order valence-electron chi connectivity index (χ1n) is 5.81. The first-order valence-corrected chi connectivity index (χ1v) is 7.47. The van der Waals surface area contributed by atoms with E-state index >= 15 is 0 Å². The maximum atomic E-state index is 11.9. The molecule has 1 aromatic rings. The summed E-state index contributed by atoms with van der Waals surface area (Å²) in [5, 5.41) is 3.14. The maximum Gasteiger partial charge on any atom is 0.216 e. The second kappa shape index (κ2) is 5.16. The number of hydrogen-bond donors (Lipinski definition) is 2. The maximum absolute atomic E-state index is 11.9. The van der Waals surface area contributed by atoms with Gasteiger partial charge in [0.05, 0.1) is 5.75 Å². The fourth-order valence-electron chi connectivity index (χ4n) is 2.07. The van der Waals surface area contributed by atoms with Crippen molar-refractivity contribution in [2.45, 2.75) is 25.1 Å². The molecule has 1 atom stereocenters. The summed E-state index contributed by atoms with van der Waals surface area (Å²) in [6, 6.07) is 7.65. The van der Waals surface area contributed by atoms with Crippen LogP contribution < -0.4 is 10.0 Å². The van der Waals surface area contributed by atoms with E-state index in [4.69, 9.17) is 0 Å². The minimum atomic E-state index is -3.22. The fourth-order valence-corrected chi connectivity index (χ4v) is 3.48. The zero-order valence-corrected chi connectivity index (χ0v) is 10.8. The van der Waals surface area contributed by atoms with E-state index in [-0.39, 0.29) is 11.8 Å². The van der Waals surface area contributed by atoms with Crippen molar-refractivity contribution in [2.24, 2.45) is 0 Å². The van der Waals surface area contributed by atoms with E-state index in [1.54, 1.807) is 0 Å². The molecule has 1 aliphatic rings. The van der Waals surface area contributed by atoms with Gasteiger partial charge in [-0.1, -0.05) is 29.8 Å². The Bertz CT molecular complexity index is 479. The molecule has 1 aliphatic heterocycles. The Balaban J connectivity index is 2.01. The number of nitrogens with one attached hydrogen (secondary N) is 2. The largest absolute Gasteiger partial charge is 0.315 e. The fraction of sp³-hybridized carbons (Fsp3) is 0.500. The third kappa shape index (κ3) is 3.80. The quantitative estimate of drug-likeness (QED) is 0.834. The van der Waals surface area contributed by atoms with Crippen LogP contribution in [0.15, 0.2) is 24.3 Å². The van der Waals surface area contributed by atoms with Crippen molar-refractivity contribution in [1.82, 2.24) is 10.0 Å². The second-order valence-corrected chi connectivity index (χ2v) is 6.31. The van der Waals surface area contributed by atoms with Crippen molar-refractivity contribution in [3.63, 3.8) is 0 Å². The topological polar surface area (TPSA) is 58.2 Å². The lowest BCUT2D eigenvalue weighted by molar-refractivity contribution is 0.559. The molecule has 5 heteroatoms. The highest BCUT2D eigenvalue weighted by molar-refractivity contribution is 7.88. The monoisotopic (exact) mass is 254 g/mol. The van der Waals surface area contributed by atoms with Crippen LogP contribution in [0, 0.1) is 6.92 Å². The van der Waals surface area contributed by atoms with Gasteiger partial charge in [-0.05, 0) is 25.5 Å². The van der Waals surface area contributed by atoms with Crippen LogP contribution in [0.1, 0.15) is 17.5 Å². The summed E-state index contributed by atoms with van der Waals surface area (Å²) in [5.41, 5.74) is 1.92. The van der Waals surface area contributed by atoms with Crippen LogP contribution in [0.4, 0.5) is 0 Å². The molecule has 0 bridgehead atoms. The summed E-state index contributed by atoms with van der Waals surface area (Å²) in [4.78, 5) is 0. The van der Waals surface area contributed by atoms with Crippen LogP contribution in [0.5, 0.6) is 0 Å². The van der Waals surface area contributed by atoms with E-state index in [2.05, 4.69) is 10.0 Å². The number of benzene rings is 1. The Morgan fingerprint density at radius 1 is 1.47 bits per heavy atom. The van der Waals surface area contributed by atoms with E-state index in [0.29, 0.717) is 0 Å². The van der Waals surface area contributed by atoms with E-state index in [9.17, 15) is 8.42 Å². The summed E-state index contributed by atoms with van der Waals surface area (Å²) in [6.07, 6.45) is 0.868. The van der Waals surface area contributed by atoms with Gasteiger partial charge in [0.15, 0.2) is 0 Å². The van der Waals surface area contributed by atoms with E-state index in [0.717, 1.165) is 30.6 Å². The summed E-state index contributed by atoms with van der Waals surface area (Å²) in [7, 11) is -3.22. The molecule has 2 rings (SSSR count). The molecule has 1 aromatic carbocycles. The van der Waals surface area contributed by atoms with Crippen LogP contribution >= 0.6 is 0 Å². The molecule has 0 aliphatic carbocycles. The standard InChI is InChI=1S/C12H18N2O2S/c1-10-3-2-4-11(7-10)9-17(15,16)14-12-5-6-13-8-12/h2-4,7,12-14H,5-6,8-9H2,1H3. The molecule has 94 valence electrons. The Morgan fingerprint density at radius 2 is 2.29 bits per heavy atom. The molecule has 0 spiro atoms. The molecule has 1 heterocycles. The SMILES string of the molecule is Cc1cccc(CS(=O)(=O)NC2CCNC2)c1. The molecule has 0 radical (unpaired) electrons. The zero-order valence-electron chi connectivity index (χ0n) is 9.94. The molecule has 2 N–H and O–H groups in total. The molecular weight excluding hydrogens is 236 g/mol. The highest BCUT2D eigenvalue weighted by atomic mass is 32.2. The van der Waals surface area contributed by atoms with Gasteiger partial charge < -0.3 is 5.32 Å². The molecule has 0 saturated carbocycles. The molecule has 0 amide bonds. The molecule has 1 fully saturated rings. The Hall–Kier alpha value is -0.910. The average molecular weight is 254 g/mol. The van der Waals surface area contributed by atoms with Crippen molar-refractivity contribution in [1.29, 1.82) is 0 Å². The van der Waals surface area contributed by atoms with Crippen molar-refractivity contribution >= 4 is 10.0 Å². The van der Waals surface area contributed by atoms with Gasteiger partial charge in [0.25, 0.3) is 0 Å². The van der Waals surface area contributed by atoms with Gasteiger partial charge in [-0.2, -0.15) is 0 Å². The van der Waals surface area contributed by atoms with E-state index in [1.165, 1.54) is 0 Å². The summed E-state index contributed by atoms with van der Waals surface area (Å²) >= 11 is 0. The molecule has 0 aromatic heterocycles. The first kappa shape index (κ1) is 12.5. The van der Waals surface area contributed by atoms with Crippen LogP contribution in [0.25, 0.3) is 0 Å². The number of sulfonamides is 1. The minimum Gasteiger partial charge on any atom is -0.315 e. The van der Waals surface area contributed by atoms with Crippen LogP contribution in [-0.4, -0.2) is 27.5 Å². The van der Waals surface area contributed by atoms with Crippen molar-refractivity contribution < 1.29 is 8.42 Å². The average Bonchev–Trinajstić information content (AvgIpc) is 2.68. The Labute approximate surface area is 102 Å². The molecule has 4 nitrogen and oxygen atoms in total. The van der Waals surface area contributed by atoms with Gasteiger partial charge in [0.1, 0.15) is 0 Å². The highest BCUT2D eigenvalue weighted by Crippen LogP contribution is 2.09. The smallest absolute Gasteiger partial charge is 0.216 e.